The summed E-state index contributed by atoms with van der Waals surface area (Å²) in [7, 11) is 0. The maximum absolute atomic E-state index is 12.6. The van der Waals surface area contributed by atoms with Crippen LogP contribution in [0, 0.1) is 11.3 Å². The van der Waals surface area contributed by atoms with Crippen molar-refractivity contribution in [3.8, 4) is 11.8 Å². The normalized spacial score (nSPS) is 11.8. The average Bonchev–Trinajstić information content (AvgIpc) is 3.29. The van der Waals surface area contributed by atoms with Crippen molar-refractivity contribution in [1.29, 1.82) is 5.26 Å². The molecule has 9 nitrogen and oxygen atoms in total. The Morgan fingerprint density at radius 3 is 2.24 bits per heavy atom. The minimum atomic E-state index is -0.607. The van der Waals surface area contributed by atoms with Gasteiger partial charge in [0.25, 0.3) is 0 Å². The van der Waals surface area contributed by atoms with Gasteiger partial charge in [0.15, 0.2) is 0 Å². The molecule has 38 heavy (non-hydrogen) atoms. The molecule has 0 unspecified atom stereocenters. The molecule has 0 saturated heterocycles. The Morgan fingerprint density at radius 2 is 1.61 bits per heavy atom. The molecule has 0 spiro atoms. The number of carbonyl (C=O) groups excluding carboxylic acids is 3. The zero-order valence-electron chi connectivity index (χ0n) is 22.0. The quantitative estimate of drug-likeness (QED) is 0.104. The predicted molar refractivity (Wildman–Crippen MR) is 144 cm³/mol. The first-order valence-electron chi connectivity index (χ1n) is 12.4. The van der Waals surface area contributed by atoms with Crippen LogP contribution in [0.4, 0.5) is 0 Å². The number of fused-ring (bicyclic) bond motifs is 1. The predicted octanol–water partition coefficient (Wildman–Crippen LogP) is 5.86. The lowest BCUT2D eigenvalue weighted by atomic mass is 10.0. The number of unbranched alkanes of at least 4 members (excludes halogenated alkanes) is 3. The molecule has 2 aromatic carbocycles. The highest BCUT2D eigenvalue weighted by Crippen LogP contribution is 2.28. The average molecular weight is 515 g/mol. The highest BCUT2D eigenvalue weighted by Gasteiger charge is 2.17. The molecule has 1 aromatic heterocycles. The van der Waals surface area contributed by atoms with E-state index >= 15 is 0 Å². The molecule has 3 aromatic rings. The number of aromatic nitrogens is 1. The lowest BCUT2D eigenvalue weighted by Gasteiger charge is -2.07. The van der Waals surface area contributed by atoms with Gasteiger partial charge in [0.05, 0.1) is 22.9 Å². The SMILES string of the molecule is CCCCCC/C(=N\OC(C)=O)c1cn(-c2ccc(C(=O)/C(C)=N\OC(C)=O)cc2)c2ccc(C#N)cc12. The minimum Gasteiger partial charge on any atom is -0.318 e. The fourth-order valence-electron chi connectivity index (χ4n) is 3.97. The Bertz CT molecular complexity index is 1440. The van der Waals surface area contributed by atoms with Crippen molar-refractivity contribution in [3.63, 3.8) is 0 Å². The van der Waals surface area contributed by atoms with E-state index in [1.165, 1.54) is 20.8 Å². The molecular weight excluding hydrogens is 484 g/mol. The van der Waals surface area contributed by atoms with E-state index in [9.17, 15) is 19.6 Å². The largest absolute Gasteiger partial charge is 0.331 e. The second kappa shape index (κ2) is 13.1. The molecule has 3 rings (SSSR count). The number of benzene rings is 2. The highest BCUT2D eigenvalue weighted by molar-refractivity contribution is 6.45. The number of nitriles is 1. The number of Topliss-reactive ketones (excluding diaryl/α,β-unsaturated/α-hetero) is 1. The third kappa shape index (κ3) is 7.01. The van der Waals surface area contributed by atoms with Crippen molar-refractivity contribution in [2.24, 2.45) is 10.3 Å². The van der Waals surface area contributed by atoms with Crippen molar-refractivity contribution < 1.29 is 24.1 Å². The minimum absolute atomic E-state index is 0.0556. The van der Waals surface area contributed by atoms with Gasteiger partial charge >= 0.3 is 11.9 Å². The third-order valence-electron chi connectivity index (χ3n) is 5.84. The Morgan fingerprint density at radius 1 is 0.921 bits per heavy atom. The topological polar surface area (TPSA) is 123 Å². The third-order valence-corrected chi connectivity index (χ3v) is 5.84. The second-order valence-corrected chi connectivity index (χ2v) is 8.82. The number of hydrogen-bond donors (Lipinski definition) is 0. The second-order valence-electron chi connectivity index (χ2n) is 8.82. The monoisotopic (exact) mass is 514 g/mol. The van der Waals surface area contributed by atoms with E-state index in [0.29, 0.717) is 23.3 Å². The van der Waals surface area contributed by atoms with Gasteiger partial charge in [-0.1, -0.05) is 36.5 Å². The standard InChI is InChI=1S/C29H30N4O5/c1-5-6-7-8-9-27(32-38-21(4)35)26-18-33(28-15-10-22(17-30)16-25(26)28)24-13-11-23(12-14-24)29(36)19(2)31-37-20(3)34/h10-16,18H,5-9H2,1-4H3/b31-19-,32-27+. The molecule has 0 saturated carbocycles. The first-order chi connectivity index (χ1) is 18.2. The van der Waals surface area contributed by atoms with E-state index in [1.807, 2.05) is 16.8 Å². The van der Waals surface area contributed by atoms with Gasteiger partial charge < -0.3 is 14.2 Å². The van der Waals surface area contributed by atoms with Crippen molar-refractivity contribution in [2.45, 2.75) is 59.8 Å². The lowest BCUT2D eigenvalue weighted by Crippen LogP contribution is -2.12. The molecule has 0 fully saturated rings. The summed E-state index contributed by atoms with van der Waals surface area (Å²) in [6, 6.07) is 14.5. The van der Waals surface area contributed by atoms with Gasteiger partial charge in [-0.05, 0) is 62.2 Å². The van der Waals surface area contributed by atoms with Crippen molar-refractivity contribution in [2.75, 3.05) is 0 Å². The number of hydrogen-bond acceptors (Lipinski definition) is 8. The van der Waals surface area contributed by atoms with Gasteiger partial charge in [0.1, 0.15) is 5.71 Å². The molecule has 196 valence electrons. The smallest absolute Gasteiger partial charge is 0.318 e. The zero-order valence-corrected chi connectivity index (χ0v) is 22.0. The molecule has 0 atom stereocenters. The molecule has 0 amide bonds. The van der Waals surface area contributed by atoms with Gasteiger partial charge in [-0.3, -0.25) is 4.79 Å². The molecule has 0 radical (unpaired) electrons. The van der Waals surface area contributed by atoms with Crippen LogP contribution in [0.2, 0.25) is 0 Å². The molecule has 0 aliphatic rings. The summed E-state index contributed by atoms with van der Waals surface area (Å²) in [5, 5.41) is 18.0. The molecule has 1 heterocycles. The number of rotatable bonds is 11. The van der Waals surface area contributed by atoms with Crippen LogP contribution >= 0.6 is 0 Å². The van der Waals surface area contributed by atoms with Crippen LogP contribution in [0.25, 0.3) is 16.6 Å². The van der Waals surface area contributed by atoms with Crippen LogP contribution in [0.5, 0.6) is 0 Å². The zero-order chi connectivity index (χ0) is 27.7. The maximum atomic E-state index is 12.6. The van der Waals surface area contributed by atoms with Crippen molar-refractivity contribution in [1.82, 2.24) is 4.57 Å². The molecule has 0 aliphatic heterocycles. The van der Waals surface area contributed by atoms with Gasteiger partial charge in [0, 0.05) is 42.2 Å². The lowest BCUT2D eigenvalue weighted by molar-refractivity contribution is -0.141. The van der Waals surface area contributed by atoms with E-state index < -0.39 is 11.9 Å². The molecular formula is C29H30N4O5. The Labute approximate surface area is 221 Å². The first-order valence-corrected chi connectivity index (χ1v) is 12.4. The number of carbonyl (C=O) groups is 3. The van der Waals surface area contributed by atoms with Gasteiger partial charge in [-0.2, -0.15) is 5.26 Å². The summed E-state index contributed by atoms with van der Waals surface area (Å²) in [5.41, 5.74) is 3.93. The van der Waals surface area contributed by atoms with Crippen molar-refractivity contribution in [3.05, 3.63) is 65.4 Å². The van der Waals surface area contributed by atoms with Crippen LogP contribution in [-0.4, -0.2) is 33.7 Å². The fraction of sp³-hybridized carbons (Fsp3) is 0.310. The Hall–Kier alpha value is -4.58. The van der Waals surface area contributed by atoms with Gasteiger partial charge in [-0.15, -0.1) is 0 Å². The molecule has 0 aliphatic carbocycles. The molecule has 0 bridgehead atoms. The van der Waals surface area contributed by atoms with E-state index in [2.05, 4.69) is 28.1 Å². The van der Waals surface area contributed by atoms with Gasteiger partial charge in [0.2, 0.25) is 5.78 Å². The summed E-state index contributed by atoms with van der Waals surface area (Å²) < 4.78 is 1.94. The van der Waals surface area contributed by atoms with Crippen LogP contribution in [0.3, 0.4) is 0 Å². The summed E-state index contributed by atoms with van der Waals surface area (Å²) >= 11 is 0. The van der Waals surface area contributed by atoms with E-state index in [-0.39, 0.29) is 11.5 Å². The van der Waals surface area contributed by atoms with E-state index in [1.54, 1.807) is 36.4 Å². The highest BCUT2D eigenvalue weighted by atomic mass is 16.7. The van der Waals surface area contributed by atoms with Crippen molar-refractivity contribution >= 4 is 40.0 Å². The summed E-state index contributed by atoms with van der Waals surface area (Å²) in [5.74, 6) is -1.48. The summed E-state index contributed by atoms with van der Waals surface area (Å²) in [4.78, 5) is 44.7. The van der Waals surface area contributed by atoms with E-state index in [0.717, 1.165) is 47.8 Å². The number of nitrogens with zero attached hydrogens (tertiary/aromatic N) is 4. The van der Waals surface area contributed by atoms with Gasteiger partial charge in [-0.25, -0.2) is 9.59 Å². The number of oxime groups is 2. The van der Waals surface area contributed by atoms with Crippen LogP contribution in [0.15, 0.2) is 59.0 Å². The maximum Gasteiger partial charge on any atom is 0.331 e. The fourth-order valence-corrected chi connectivity index (χ4v) is 3.97. The number of ketones is 1. The van der Waals surface area contributed by atoms with E-state index in [4.69, 9.17) is 4.84 Å². The Kier molecular flexibility index (Phi) is 9.66. The summed E-state index contributed by atoms with van der Waals surface area (Å²) in [6.07, 6.45) is 6.60. The van der Waals surface area contributed by atoms with Crippen LogP contribution < -0.4 is 0 Å². The van der Waals surface area contributed by atoms with Crippen LogP contribution in [-0.2, 0) is 19.3 Å². The molecule has 9 heteroatoms. The Balaban J connectivity index is 2.05. The summed E-state index contributed by atoms with van der Waals surface area (Å²) in [6.45, 7) is 6.12. The molecule has 0 N–H and O–H groups in total. The van der Waals surface area contributed by atoms with Crippen LogP contribution in [0.1, 0.15) is 81.3 Å². The first kappa shape index (κ1) is 28.0.